The van der Waals surface area contributed by atoms with E-state index < -0.39 is 6.10 Å². The summed E-state index contributed by atoms with van der Waals surface area (Å²) in [4.78, 5) is 0. The molecule has 1 aliphatic heterocycles. The lowest BCUT2D eigenvalue weighted by molar-refractivity contribution is 0.206. The SMILES string of the molecule is C=C(C)C(O)c1cc2c(cc1OCC)CC(C)O2. The first-order valence-corrected chi connectivity index (χ1v) is 6.32. The predicted molar refractivity (Wildman–Crippen MR) is 71.2 cm³/mol. The minimum absolute atomic E-state index is 0.187. The number of hydrogen-bond donors (Lipinski definition) is 1. The standard InChI is InChI=1S/C15H20O3/c1-5-17-14-7-11-6-10(4)18-13(11)8-12(14)15(16)9(2)3/h7-8,10,15-16H,2,5-6H2,1,3-4H3. The monoisotopic (exact) mass is 248 g/mol. The largest absolute Gasteiger partial charge is 0.493 e. The summed E-state index contributed by atoms with van der Waals surface area (Å²) >= 11 is 0. The van der Waals surface area contributed by atoms with Crippen LogP contribution in [0.3, 0.4) is 0 Å². The van der Waals surface area contributed by atoms with Gasteiger partial charge in [-0.3, -0.25) is 0 Å². The molecule has 0 aromatic heterocycles. The summed E-state index contributed by atoms with van der Waals surface area (Å²) in [5.74, 6) is 1.57. The lowest BCUT2D eigenvalue weighted by atomic mass is 9.99. The molecule has 3 nitrogen and oxygen atoms in total. The van der Waals surface area contributed by atoms with Crippen LogP contribution in [0.15, 0.2) is 24.3 Å². The molecule has 0 fully saturated rings. The highest BCUT2D eigenvalue weighted by atomic mass is 16.5. The Hall–Kier alpha value is -1.48. The van der Waals surface area contributed by atoms with Gasteiger partial charge in [0.25, 0.3) is 0 Å². The summed E-state index contributed by atoms with van der Waals surface area (Å²) in [6, 6.07) is 3.85. The molecule has 2 rings (SSSR count). The van der Waals surface area contributed by atoms with Crippen molar-refractivity contribution < 1.29 is 14.6 Å². The number of rotatable bonds is 4. The second-order valence-corrected chi connectivity index (χ2v) is 4.81. The molecule has 2 unspecified atom stereocenters. The van der Waals surface area contributed by atoms with E-state index in [0.29, 0.717) is 12.2 Å². The summed E-state index contributed by atoms with van der Waals surface area (Å²) in [5, 5.41) is 10.2. The van der Waals surface area contributed by atoms with Gasteiger partial charge in [-0.1, -0.05) is 6.58 Å². The van der Waals surface area contributed by atoms with Crippen LogP contribution in [0.5, 0.6) is 11.5 Å². The van der Waals surface area contributed by atoms with Crippen LogP contribution in [0.2, 0.25) is 0 Å². The molecule has 0 amide bonds. The number of benzene rings is 1. The van der Waals surface area contributed by atoms with E-state index in [1.54, 1.807) is 6.92 Å². The van der Waals surface area contributed by atoms with Gasteiger partial charge in [0.05, 0.1) is 6.61 Å². The van der Waals surface area contributed by atoms with Crippen molar-refractivity contribution in [2.75, 3.05) is 6.61 Å². The molecule has 0 saturated carbocycles. The summed E-state index contributed by atoms with van der Waals surface area (Å²) in [7, 11) is 0. The van der Waals surface area contributed by atoms with Crippen LogP contribution in [-0.2, 0) is 6.42 Å². The Morgan fingerprint density at radius 3 is 2.94 bits per heavy atom. The van der Waals surface area contributed by atoms with E-state index in [9.17, 15) is 5.11 Å². The molecule has 98 valence electrons. The second-order valence-electron chi connectivity index (χ2n) is 4.81. The highest BCUT2D eigenvalue weighted by Gasteiger charge is 2.24. The minimum atomic E-state index is -0.712. The first kappa shape index (κ1) is 13.0. The Morgan fingerprint density at radius 2 is 2.33 bits per heavy atom. The van der Waals surface area contributed by atoms with Crippen LogP contribution in [0.25, 0.3) is 0 Å². The third kappa shape index (κ3) is 2.36. The Morgan fingerprint density at radius 1 is 1.61 bits per heavy atom. The maximum atomic E-state index is 10.2. The zero-order chi connectivity index (χ0) is 13.3. The molecule has 0 saturated heterocycles. The molecule has 2 atom stereocenters. The van der Waals surface area contributed by atoms with E-state index in [0.717, 1.165) is 29.0 Å². The smallest absolute Gasteiger partial charge is 0.125 e. The van der Waals surface area contributed by atoms with Gasteiger partial charge < -0.3 is 14.6 Å². The molecule has 0 bridgehead atoms. The van der Waals surface area contributed by atoms with Crippen molar-refractivity contribution >= 4 is 0 Å². The fraction of sp³-hybridized carbons (Fsp3) is 0.467. The van der Waals surface area contributed by atoms with E-state index >= 15 is 0 Å². The topological polar surface area (TPSA) is 38.7 Å². The van der Waals surface area contributed by atoms with Crippen LogP contribution in [0.4, 0.5) is 0 Å². The van der Waals surface area contributed by atoms with Gasteiger partial charge in [-0.05, 0) is 38.5 Å². The van der Waals surface area contributed by atoms with E-state index in [1.807, 2.05) is 26.0 Å². The zero-order valence-corrected chi connectivity index (χ0v) is 11.2. The maximum absolute atomic E-state index is 10.2. The second kappa shape index (κ2) is 5.02. The molecule has 1 N–H and O–H groups in total. The highest BCUT2D eigenvalue weighted by Crippen LogP contribution is 2.39. The van der Waals surface area contributed by atoms with Gasteiger partial charge in [0.15, 0.2) is 0 Å². The zero-order valence-electron chi connectivity index (χ0n) is 11.2. The molecule has 0 aliphatic carbocycles. The van der Waals surface area contributed by atoms with Crippen molar-refractivity contribution in [2.24, 2.45) is 0 Å². The number of ether oxygens (including phenoxy) is 2. The fourth-order valence-electron chi connectivity index (χ4n) is 2.21. The molecule has 3 heteroatoms. The third-order valence-corrected chi connectivity index (χ3v) is 3.09. The molecule has 18 heavy (non-hydrogen) atoms. The summed E-state index contributed by atoms with van der Waals surface area (Å²) < 4.78 is 11.3. The third-order valence-electron chi connectivity index (χ3n) is 3.09. The van der Waals surface area contributed by atoms with Crippen molar-refractivity contribution in [2.45, 2.75) is 39.4 Å². The maximum Gasteiger partial charge on any atom is 0.125 e. The van der Waals surface area contributed by atoms with Gasteiger partial charge in [0.2, 0.25) is 0 Å². The lowest BCUT2D eigenvalue weighted by Gasteiger charge is -2.17. The van der Waals surface area contributed by atoms with Crippen molar-refractivity contribution in [1.29, 1.82) is 0 Å². The Bertz CT molecular complexity index is 465. The van der Waals surface area contributed by atoms with Gasteiger partial charge >= 0.3 is 0 Å². The van der Waals surface area contributed by atoms with Gasteiger partial charge in [0, 0.05) is 17.5 Å². The van der Waals surface area contributed by atoms with E-state index in [4.69, 9.17) is 9.47 Å². The van der Waals surface area contributed by atoms with Crippen molar-refractivity contribution in [3.8, 4) is 11.5 Å². The van der Waals surface area contributed by atoms with E-state index in [-0.39, 0.29) is 6.10 Å². The Balaban J connectivity index is 2.44. The first-order valence-electron chi connectivity index (χ1n) is 6.32. The number of hydrogen-bond acceptors (Lipinski definition) is 3. The Labute approximate surface area is 108 Å². The molecule has 1 aliphatic rings. The Kier molecular flexibility index (Phi) is 3.62. The molecular weight excluding hydrogens is 228 g/mol. The van der Waals surface area contributed by atoms with Crippen molar-refractivity contribution in [3.63, 3.8) is 0 Å². The van der Waals surface area contributed by atoms with Gasteiger partial charge in [-0.25, -0.2) is 0 Å². The lowest BCUT2D eigenvalue weighted by Crippen LogP contribution is -2.05. The number of fused-ring (bicyclic) bond motifs is 1. The summed E-state index contributed by atoms with van der Waals surface area (Å²) in [6.07, 6.45) is 0.363. The molecule has 1 heterocycles. The summed E-state index contributed by atoms with van der Waals surface area (Å²) in [6.45, 7) is 10.1. The number of aliphatic hydroxyl groups excluding tert-OH is 1. The molecule has 0 radical (unpaired) electrons. The van der Waals surface area contributed by atoms with Crippen LogP contribution < -0.4 is 9.47 Å². The average Bonchev–Trinajstić information content (AvgIpc) is 2.66. The minimum Gasteiger partial charge on any atom is -0.493 e. The van der Waals surface area contributed by atoms with Crippen LogP contribution in [0.1, 0.15) is 38.0 Å². The van der Waals surface area contributed by atoms with Crippen molar-refractivity contribution in [3.05, 3.63) is 35.4 Å². The predicted octanol–water partition coefficient (Wildman–Crippen LogP) is 3.02. The van der Waals surface area contributed by atoms with Gasteiger partial charge in [-0.2, -0.15) is 0 Å². The van der Waals surface area contributed by atoms with E-state index in [1.165, 1.54) is 0 Å². The molecule has 1 aromatic carbocycles. The normalized spacial score (nSPS) is 19.0. The first-order chi connectivity index (χ1) is 8.52. The van der Waals surface area contributed by atoms with E-state index in [2.05, 4.69) is 6.58 Å². The highest BCUT2D eigenvalue weighted by molar-refractivity contribution is 5.50. The average molecular weight is 248 g/mol. The molecule has 0 spiro atoms. The van der Waals surface area contributed by atoms with Crippen LogP contribution in [-0.4, -0.2) is 17.8 Å². The van der Waals surface area contributed by atoms with Crippen molar-refractivity contribution in [1.82, 2.24) is 0 Å². The molecule has 1 aromatic rings. The van der Waals surface area contributed by atoms with Crippen LogP contribution in [0, 0.1) is 0 Å². The summed E-state index contributed by atoms with van der Waals surface area (Å²) in [5.41, 5.74) is 2.57. The van der Waals surface area contributed by atoms with Gasteiger partial charge in [-0.15, -0.1) is 0 Å². The number of aliphatic hydroxyl groups is 1. The molecular formula is C15H20O3. The fourth-order valence-corrected chi connectivity index (χ4v) is 2.21. The quantitative estimate of drug-likeness (QED) is 0.832. The van der Waals surface area contributed by atoms with Crippen LogP contribution >= 0.6 is 0 Å². The van der Waals surface area contributed by atoms with Gasteiger partial charge in [0.1, 0.15) is 23.7 Å².